The molecule has 0 aliphatic carbocycles. The first-order valence-electron chi connectivity index (χ1n) is 16.2. The van der Waals surface area contributed by atoms with Crippen molar-refractivity contribution in [2.24, 2.45) is 13.0 Å². The van der Waals surface area contributed by atoms with Gasteiger partial charge >= 0.3 is 6.03 Å². The molecule has 0 bridgehead atoms. The van der Waals surface area contributed by atoms with E-state index in [0.29, 0.717) is 42.3 Å². The van der Waals surface area contributed by atoms with Gasteiger partial charge in [0.05, 0.1) is 17.4 Å². The molecule has 7 rings (SSSR count). The van der Waals surface area contributed by atoms with E-state index >= 15 is 0 Å². The van der Waals surface area contributed by atoms with Gasteiger partial charge in [0, 0.05) is 92.5 Å². The topological polar surface area (TPSA) is 135 Å². The van der Waals surface area contributed by atoms with E-state index in [2.05, 4.69) is 30.5 Å². The van der Waals surface area contributed by atoms with Gasteiger partial charge < -0.3 is 29.7 Å². The van der Waals surface area contributed by atoms with Crippen LogP contribution in [0.5, 0.6) is 5.75 Å². The molecule has 2 aliphatic heterocycles. The first-order chi connectivity index (χ1) is 23.7. The molecule has 12 nitrogen and oxygen atoms in total. The summed E-state index contributed by atoms with van der Waals surface area (Å²) in [5, 5.41) is 6.38. The van der Waals surface area contributed by atoms with Crippen molar-refractivity contribution in [1.82, 2.24) is 24.4 Å². The van der Waals surface area contributed by atoms with Gasteiger partial charge in [-0.25, -0.2) is 9.78 Å². The third kappa shape index (κ3) is 6.57. The molecule has 248 valence electrons. The number of hydrogen-bond acceptors (Lipinski definition) is 8. The largest absolute Gasteiger partial charge is 0.452 e. The number of amides is 3. The minimum absolute atomic E-state index is 0.0531. The summed E-state index contributed by atoms with van der Waals surface area (Å²) in [6, 6.07) is 13.9. The second-order valence-corrected chi connectivity index (χ2v) is 12.5. The average Bonchev–Trinajstić information content (AvgIpc) is 3.59. The highest BCUT2D eigenvalue weighted by atomic mass is 16.5. The molecule has 49 heavy (non-hydrogen) atoms. The zero-order valence-electron chi connectivity index (χ0n) is 27.5. The molecule has 12 heteroatoms. The number of carbonyl (C=O) groups excluding carboxylic acids is 3. The fraction of sp³-hybridized carbons (Fsp3) is 0.243. The monoisotopic (exact) mass is 656 g/mol. The molecule has 0 radical (unpaired) electrons. The van der Waals surface area contributed by atoms with Crippen LogP contribution in [0.1, 0.15) is 40.0 Å². The van der Waals surface area contributed by atoms with Gasteiger partial charge in [-0.05, 0) is 79.9 Å². The molecule has 0 saturated carbocycles. The minimum atomic E-state index is -0.452. The Labute approximate surface area is 283 Å². The molecule has 2 N–H and O–H groups in total. The number of pyridine rings is 3. The van der Waals surface area contributed by atoms with E-state index in [4.69, 9.17) is 4.74 Å². The zero-order chi connectivity index (χ0) is 34.1. The molecule has 0 unspecified atom stereocenters. The van der Waals surface area contributed by atoms with E-state index in [9.17, 15) is 14.4 Å². The predicted molar refractivity (Wildman–Crippen MR) is 187 cm³/mol. The normalized spacial score (nSPS) is 15.3. The zero-order valence-corrected chi connectivity index (χ0v) is 27.5. The third-order valence-corrected chi connectivity index (χ3v) is 8.94. The van der Waals surface area contributed by atoms with Crippen LogP contribution in [0, 0.1) is 12.8 Å². The lowest BCUT2D eigenvalue weighted by atomic mass is 9.94. The summed E-state index contributed by atoms with van der Waals surface area (Å²) >= 11 is 0. The number of benzene rings is 1. The highest BCUT2D eigenvalue weighted by molar-refractivity contribution is 6.16. The van der Waals surface area contributed by atoms with Crippen LogP contribution in [0.3, 0.4) is 0 Å². The number of allylic oxidation sites excluding steroid dienone is 1. The van der Waals surface area contributed by atoms with Gasteiger partial charge in [0.15, 0.2) is 5.76 Å². The lowest BCUT2D eigenvalue weighted by molar-refractivity contribution is -0.135. The number of rotatable bonds is 7. The number of piperidine rings is 1. The number of hydrogen-bond donors (Lipinski definition) is 2. The van der Waals surface area contributed by atoms with E-state index in [1.54, 1.807) is 61.2 Å². The second kappa shape index (κ2) is 13.2. The number of nitrogens with zero attached hydrogens (tertiary/aromatic N) is 6. The van der Waals surface area contributed by atoms with Gasteiger partial charge in [-0.1, -0.05) is 0 Å². The maximum absolute atomic E-state index is 13.5. The van der Waals surface area contributed by atoms with Crippen LogP contribution >= 0.6 is 0 Å². The van der Waals surface area contributed by atoms with Gasteiger partial charge in [0.1, 0.15) is 11.4 Å². The van der Waals surface area contributed by atoms with Gasteiger partial charge in [-0.15, -0.1) is 0 Å². The predicted octanol–water partition coefficient (Wildman–Crippen LogP) is 5.81. The smallest absolute Gasteiger partial charge is 0.323 e. The Balaban J connectivity index is 1.06. The van der Waals surface area contributed by atoms with Crippen molar-refractivity contribution in [1.29, 1.82) is 0 Å². The molecule has 6 heterocycles. The van der Waals surface area contributed by atoms with Crippen molar-refractivity contribution < 1.29 is 19.1 Å². The van der Waals surface area contributed by atoms with Crippen LogP contribution in [0.4, 0.5) is 21.9 Å². The summed E-state index contributed by atoms with van der Waals surface area (Å²) in [7, 11) is 3.79. The number of fused-ring (bicyclic) bond motifs is 2. The second-order valence-electron chi connectivity index (χ2n) is 12.5. The molecule has 1 aromatic carbocycles. The maximum atomic E-state index is 13.5. The summed E-state index contributed by atoms with van der Waals surface area (Å²) in [4.78, 5) is 56.4. The summed E-state index contributed by atoms with van der Waals surface area (Å²) in [5.74, 6) is 0.430. The number of carbonyl (C=O) groups is 3. The van der Waals surface area contributed by atoms with Crippen molar-refractivity contribution in [2.75, 3.05) is 35.7 Å². The van der Waals surface area contributed by atoms with Crippen LogP contribution in [0.15, 0.2) is 85.3 Å². The molecule has 1 saturated heterocycles. The standard InChI is InChI=1S/C37H36N8O4/c1-23-17-24(8-13-39-23)21-44(3)36(47)25-10-15-45(16-11-25)30-9-14-40-35-33(30)26(22-43(35)2)18-32-34(46)29-19-27(6-7-31(29)49-32)41-37(48)42-28-5-4-12-38-20-28/h4-9,12-14,17-20,22,25H,10-11,15-16,21H2,1-3H3,(H2,41,42,48). The van der Waals surface area contributed by atoms with E-state index < -0.39 is 6.03 Å². The molecule has 2 aliphatic rings. The van der Waals surface area contributed by atoms with Gasteiger partial charge in [-0.3, -0.25) is 19.6 Å². The Kier molecular flexibility index (Phi) is 8.52. The first kappa shape index (κ1) is 31.6. The highest BCUT2D eigenvalue weighted by Gasteiger charge is 2.31. The van der Waals surface area contributed by atoms with Gasteiger partial charge in [0.2, 0.25) is 11.7 Å². The number of Topliss-reactive ketones (excluding diaryl/α,β-unsaturated/α-hetero) is 1. The Hall–Kier alpha value is -6.04. The number of anilines is 3. The Morgan fingerprint density at radius 2 is 1.82 bits per heavy atom. The van der Waals surface area contributed by atoms with Crippen molar-refractivity contribution in [2.45, 2.75) is 26.3 Å². The van der Waals surface area contributed by atoms with Crippen LogP contribution in [0.2, 0.25) is 0 Å². The molecule has 0 atom stereocenters. The quantitative estimate of drug-likeness (QED) is 0.210. The summed E-state index contributed by atoms with van der Waals surface area (Å²) < 4.78 is 7.96. The molecule has 4 aromatic heterocycles. The molecule has 5 aromatic rings. The number of aromatic nitrogens is 4. The Bertz CT molecular complexity index is 2100. The molecular formula is C37H36N8O4. The minimum Gasteiger partial charge on any atom is -0.452 e. The van der Waals surface area contributed by atoms with E-state index in [1.807, 2.05) is 54.9 Å². The van der Waals surface area contributed by atoms with E-state index in [0.717, 1.165) is 46.4 Å². The van der Waals surface area contributed by atoms with Crippen molar-refractivity contribution >= 4 is 51.9 Å². The van der Waals surface area contributed by atoms with Crippen molar-refractivity contribution in [3.05, 3.63) is 108 Å². The maximum Gasteiger partial charge on any atom is 0.323 e. The van der Waals surface area contributed by atoms with E-state index in [1.165, 1.54) is 0 Å². The molecule has 1 fully saturated rings. The van der Waals surface area contributed by atoms with Crippen molar-refractivity contribution in [3.8, 4) is 5.75 Å². The number of urea groups is 1. The highest BCUT2D eigenvalue weighted by Crippen LogP contribution is 2.37. The van der Waals surface area contributed by atoms with Crippen LogP contribution < -0.4 is 20.3 Å². The molecule has 3 amide bonds. The van der Waals surface area contributed by atoms with Crippen LogP contribution in [-0.2, 0) is 18.4 Å². The number of ketones is 1. The first-order valence-corrected chi connectivity index (χ1v) is 16.2. The van der Waals surface area contributed by atoms with Crippen LogP contribution in [0.25, 0.3) is 17.1 Å². The molecule has 0 spiro atoms. The lowest BCUT2D eigenvalue weighted by Gasteiger charge is -2.35. The molecular weight excluding hydrogens is 620 g/mol. The number of nitrogens with one attached hydrogen (secondary N) is 2. The summed E-state index contributed by atoms with van der Waals surface area (Å²) in [5.41, 5.74) is 5.95. The van der Waals surface area contributed by atoms with Gasteiger partial charge in [0.25, 0.3) is 0 Å². The van der Waals surface area contributed by atoms with Crippen LogP contribution in [-0.4, -0.2) is 62.3 Å². The number of ether oxygens (including phenoxy) is 1. The van der Waals surface area contributed by atoms with E-state index in [-0.39, 0.29) is 23.4 Å². The third-order valence-electron chi connectivity index (χ3n) is 8.94. The fourth-order valence-electron chi connectivity index (χ4n) is 6.56. The number of aryl methyl sites for hydroxylation is 2. The summed E-state index contributed by atoms with van der Waals surface area (Å²) in [6.45, 7) is 3.94. The Morgan fingerprint density at radius 3 is 2.59 bits per heavy atom. The van der Waals surface area contributed by atoms with Crippen molar-refractivity contribution in [3.63, 3.8) is 0 Å². The SMILES string of the molecule is Cc1cc(CN(C)C(=O)C2CCN(c3ccnc4c3c(C=C3Oc5ccc(NC(=O)Nc6cccnc6)cc5C3=O)cn4C)CC2)ccn1. The summed E-state index contributed by atoms with van der Waals surface area (Å²) in [6.07, 6.45) is 11.9. The average molecular weight is 657 g/mol. The van der Waals surface area contributed by atoms with Gasteiger partial charge in [-0.2, -0.15) is 0 Å². The fourth-order valence-corrected chi connectivity index (χ4v) is 6.56. The lowest BCUT2D eigenvalue weighted by Crippen LogP contribution is -2.41. The Morgan fingerprint density at radius 1 is 1.02 bits per heavy atom.